The molecule has 0 saturated heterocycles. The number of halogens is 1. The summed E-state index contributed by atoms with van der Waals surface area (Å²) >= 11 is 0. The lowest BCUT2D eigenvalue weighted by Crippen LogP contribution is -2.52. The largest absolute Gasteiger partial charge is 0.458 e. The molecule has 196 valence electrons. The van der Waals surface area contributed by atoms with Gasteiger partial charge in [0.1, 0.15) is 17.8 Å². The molecule has 0 fully saturated rings. The summed E-state index contributed by atoms with van der Waals surface area (Å²) in [6, 6.07) is 20.2. The van der Waals surface area contributed by atoms with Gasteiger partial charge >= 0.3 is 5.97 Å². The Hall–Kier alpha value is -3.78. The number of nitrogens with zero attached hydrogens (tertiary/aromatic N) is 2. The van der Waals surface area contributed by atoms with E-state index in [0.29, 0.717) is 16.7 Å². The maximum atomic E-state index is 14.6. The minimum absolute atomic E-state index is 0.0658. The number of benzene rings is 3. The lowest BCUT2D eigenvalue weighted by Gasteiger charge is -2.39. The van der Waals surface area contributed by atoms with Crippen LogP contribution in [-0.4, -0.2) is 42.7 Å². The average Bonchev–Trinajstić information content (AvgIpc) is 3.13. The first-order valence-electron chi connectivity index (χ1n) is 12.4. The molecule has 2 atom stereocenters. The Kier molecular flexibility index (Phi) is 6.26. The number of rotatable bonds is 4. The molecule has 0 amide bonds. The Morgan fingerprint density at radius 2 is 1.76 bits per heavy atom. The third kappa shape index (κ3) is 4.43. The summed E-state index contributed by atoms with van der Waals surface area (Å²) in [5, 5.41) is 0. The van der Waals surface area contributed by atoms with Gasteiger partial charge in [-0.05, 0) is 80.3 Å². The zero-order valence-corrected chi connectivity index (χ0v) is 22.5. The Morgan fingerprint density at radius 1 is 1.08 bits per heavy atom. The molecule has 5 rings (SSSR count). The lowest BCUT2D eigenvalue weighted by molar-refractivity contribution is -0.159. The Bertz CT molecular complexity index is 1560. The van der Waals surface area contributed by atoms with Crippen LogP contribution in [0.4, 0.5) is 4.39 Å². The van der Waals surface area contributed by atoms with Gasteiger partial charge in [-0.1, -0.05) is 54.1 Å². The number of ether oxygens (including phenoxy) is 1. The molecular formula is C30H29FN2O4S. The molecule has 2 aliphatic rings. The van der Waals surface area contributed by atoms with Gasteiger partial charge in [0.2, 0.25) is 0 Å². The summed E-state index contributed by atoms with van der Waals surface area (Å²) in [4.78, 5) is 18.8. The number of carbonyl (C=O) groups excluding carboxylic acids is 1. The van der Waals surface area contributed by atoms with E-state index >= 15 is 0 Å². The van der Waals surface area contributed by atoms with Crippen LogP contribution in [0.2, 0.25) is 0 Å². The zero-order chi connectivity index (χ0) is 27.3. The Balaban J connectivity index is 1.72. The first-order valence-corrected chi connectivity index (χ1v) is 13.8. The molecule has 2 unspecified atom stereocenters. The molecule has 1 heterocycles. The molecule has 0 aromatic heterocycles. The second-order valence-electron chi connectivity index (χ2n) is 10.7. The highest BCUT2D eigenvalue weighted by Gasteiger charge is 2.59. The summed E-state index contributed by atoms with van der Waals surface area (Å²) in [6.45, 7) is 7.10. The van der Waals surface area contributed by atoms with E-state index < -0.39 is 38.9 Å². The highest BCUT2D eigenvalue weighted by Crippen LogP contribution is 2.55. The smallest absolute Gasteiger partial charge is 0.340 e. The van der Waals surface area contributed by atoms with Gasteiger partial charge < -0.3 is 4.74 Å². The summed E-state index contributed by atoms with van der Waals surface area (Å²) < 4.78 is 48.8. The van der Waals surface area contributed by atoms with Gasteiger partial charge in [-0.15, -0.1) is 0 Å². The third-order valence-electron chi connectivity index (χ3n) is 6.80. The number of carbonyl (C=O) groups is 1. The quantitative estimate of drug-likeness (QED) is 0.411. The van der Waals surface area contributed by atoms with E-state index in [4.69, 9.17) is 4.74 Å². The molecule has 0 spiro atoms. The van der Waals surface area contributed by atoms with E-state index in [-0.39, 0.29) is 11.4 Å². The molecule has 3 aromatic rings. The first kappa shape index (κ1) is 25.9. The number of sulfonamides is 1. The van der Waals surface area contributed by atoms with E-state index in [9.17, 15) is 17.6 Å². The van der Waals surface area contributed by atoms with Gasteiger partial charge in [-0.2, -0.15) is 0 Å². The lowest BCUT2D eigenvalue weighted by atomic mass is 9.80. The van der Waals surface area contributed by atoms with Crippen LogP contribution in [0.3, 0.4) is 0 Å². The van der Waals surface area contributed by atoms with Crippen molar-refractivity contribution < 1.29 is 22.3 Å². The number of aliphatic imine (C=N–C) groups is 1. The molecular weight excluding hydrogens is 503 g/mol. The predicted octanol–water partition coefficient (Wildman–Crippen LogP) is 5.59. The van der Waals surface area contributed by atoms with Crippen molar-refractivity contribution in [1.82, 2.24) is 4.31 Å². The number of fused-ring (bicyclic) bond motifs is 3. The van der Waals surface area contributed by atoms with Crippen LogP contribution in [-0.2, 0) is 19.6 Å². The van der Waals surface area contributed by atoms with E-state index in [1.54, 1.807) is 51.1 Å². The van der Waals surface area contributed by atoms with Crippen molar-refractivity contribution in [2.45, 2.75) is 49.6 Å². The fourth-order valence-corrected chi connectivity index (χ4v) is 6.29. The maximum Gasteiger partial charge on any atom is 0.340 e. The molecule has 0 bridgehead atoms. The highest BCUT2D eigenvalue weighted by molar-refractivity contribution is 7.89. The Morgan fingerprint density at radius 3 is 2.42 bits per heavy atom. The van der Waals surface area contributed by atoms with E-state index in [1.807, 2.05) is 43.3 Å². The van der Waals surface area contributed by atoms with Gasteiger partial charge in [0.05, 0.1) is 4.90 Å². The van der Waals surface area contributed by atoms with E-state index in [1.165, 1.54) is 18.5 Å². The summed E-state index contributed by atoms with van der Waals surface area (Å²) in [5.41, 5.74) is 0.944. The molecule has 1 aliphatic carbocycles. The van der Waals surface area contributed by atoms with Crippen LogP contribution in [0.1, 0.15) is 48.9 Å². The molecule has 0 N–H and O–H groups in total. The van der Waals surface area contributed by atoms with Gasteiger partial charge in [-0.3, -0.25) is 9.30 Å². The van der Waals surface area contributed by atoms with Crippen molar-refractivity contribution in [2.24, 2.45) is 4.99 Å². The average molecular weight is 533 g/mol. The zero-order valence-electron chi connectivity index (χ0n) is 21.7. The number of hydrogen-bond acceptors (Lipinski definition) is 5. The molecule has 8 heteroatoms. The third-order valence-corrected chi connectivity index (χ3v) is 8.53. The number of esters is 1. The van der Waals surface area contributed by atoms with Crippen molar-refractivity contribution in [3.8, 4) is 0 Å². The molecule has 3 aromatic carbocycles. The second-order valence-corrected chi connectivity index (χ2v) is 12.5. The van der Waals surface area contributed by atoms with Crippen molar-refractivity contribution in [1.29, 1.82) is 0 Å². The van der Waals surface area contributed by atoms with E-state index in [2.05, 4.69) is 4.99 Å². The van der Waals surface area contributed by atoms with E-state index in [0.717, 1.165) is 15.4 Å². The van der Waals surface area contributed by atoms with Crippen LogP contribution < -0.4 is 0 Å². The summed E-state index contributed by atoms with van der Waals surface area (Å²) in [6.07, 6.45) is 3.01. The van der Waals surface area contributed by atoms with Gasteiger partial charge in [0.25, 0.3) is 10.0 Å². The fraction of sp³-hybridized carbons (Fsp3) is 0.267. The van der Waals surface area contributed by atoms with Gasteiger partial charge in [0, 0.05) is 12.5 Å². The maximum absolute atomic E-state index is 14.6. The molecule has 0 radical (unpaired) electrons. The normalized spacial score (nSPS) is 21.8. The second kappa shape index (κ2) is 9.20. The molecule has 38 heavy (non-hydrogen) atoms. The molecule has 1 aliphatic heterocycles. The topological polar surface area (TPSA) is 76.0 Å². The van der Waals surface area contributed by atoms with Crippen molar-refractivity contribution in [3.63, 3.8) is 0 Å². The van der Waals surface area contributed by atoms with Crippen LogP contribution in [0.25, 0.3) is 11.6 Å². The fourth-order valence-electron chi connectivity index (χ4n) is 5.03. The predicted molar refractivity (Wildman–Crippen MR) is 146 cm³/mol. The van der Waals surface area contributed by atoms with Crippen LogP contribution in [0.15, 0.2) is 82.7 Å². The van der Waals surface area contributed by atoms with Crippen molar-refractivity contribution in [2.75, 3.05) is 6.54 Å². The summed E-state index contributed by atoms with van der Waals surface area (Å²) in [7, 11) is -3.95. The van der Waals surface area contributed by atoms with Crippen LogP contribution in [0, 0.1) is 12.7 Å². The standard InChI is InChI=1S/C30H29FN2O4S/c1-20-10-13-23(14-11-20)38(35,36)33-18-27-24-15-12-22(31)17-25(24)26(16-21-8-6-5-7-9-21)30(27,32-19-33)28(34)37-29(2,3)4/h5-17,19,27H,18H2,1-4H3/b26-16-. The minimum Gasteiger partial charge on any atom is -0.458 e. The van der Waals surface area contributed by atoms with Crippen LogP contribution in [0.5, 0.6) is 0 Å². The highest BCUT2D eigenvalue weighted by atomic mass is 32.2. The SMILES string of the molecule is Cc1ccc(S(=O)(=O)N2C=NC3(C(=O)OC(C)(C)C)/C(=C\c4ccccc4)c4cc(F)ccc4C3C2)cc1. The number of aryl methyl sites for hydroxylation is 1. The monoisotopic (exact) mass is 532 g/mol. The molecule has 6 nitrogen and oxygen atoms in total. The minimum atomic E-state index is -3.95. The Labute approximate surface area is 222 Å². The molecule has 0 saturated carbocycles. The van der Waals surface area contributed by atoms with Crippen molar-refractivity contribution >= 4 is 34.0 Å². The van der Waals surface area contributed by atoms with Gasteiger partial charge in [0.15, 0.2) is 5.54 Å². The summed E-state index contributed by atoms with van der Waals surface area (Å²) in [5.74, 6) is -1.81. The van der Waals surface area contributed by atoms with Gasteiger partial charge in [-0.25, -0.2) is 17.6 Å². The van der Waals surface area contributed by atoms with Crippen molar-refractivity contribution in [3.05, 3.63) is 101 Å². The number of hydrogen-bond donors (Lipinski definition) is 0. The first-order chi connectivity index (χ1) is 17.9. The van der Waals surface area contributed by atoms with Crippen LogP contribution >= 0.6 is 0 Å².